The molecule has 242 valence electrons. The predicted octanol–water partition coefficient (Wildman–Crippen LogP) is 8.57. The Morgan fingerprint density at radius 1 is 0.674 bits per heavy atom. The van der Waals surface area contributed by atoms with Gasteiger partial charge in [0.15, 0.2) is 0 Å². The summed E-state index contributed by atoms with van der Waals surface area (Å²) < 4.78 is 29.1. The van der Waals surface area contributed by atoms with Crippen molar-refractivity contribution >= 4 is 77.1 Å². The van der Waals surface area contributed by atoms with E-state index in [9.17, 15) is 0 Å². The van der Waals surface area contributed by atoms with Crippen LogP contribution in [-0.4, -0.2) is 59.9 Å². The van der Waals surface area contributed by atoms with Gasteiger partial charge in [-0.1, -0.05) is 56.1 Å². The zero-order valence-electron chi connectivity index (χ0n) is 27.3. The molecule has 1 fully saturated rings. The molecule has 0 radical (unpaired) electrons. The number of hydrogen-bond acceptors (Lipinski definition) is 4. The van der Waals surface area contributed by atoms with E-state index in [2.05, 4.69) is 153 Å². The van der Waals surface area contributed by atoms with E-state index in [1.807, 2.05) is 12.3 Å². The summed E-state index contributed by atoms with van der Waals surface area (Å²) in [5, 5.41) is 3.74. The Bertz CT molecular complexity index is 1880. The average Bonchev–Trinajstić information content (AvgIpc) is 3.80. The number of rotatable bonds is 7. The predicted molar refractivity (Wildman–Crippen MR) is 197 cm³/mol. The van der Waals surface area contributed by atoms with E-state index in [0.717, 1.165) is 34.1 Å². The number of H-pyrrole nitrogens is 1. The van der Waals surface area contributed by atoms with Gasteiger partial charge < -0.3 is 32.9 Å². The molecule has 6 aromatic rings. The van der Waals surface area contributed by atoms with Crippen LogP contribution in [0.3, 0.4) is 0 Å². The fourth-order valence-corrected chi connectivity index (χ4v) is 5.98. The Morgan fingerprint density at radius 2 is 1.20 bits per heavy atom. The van der Waals surface area contributed by atoms with E-state index in [4.69, 9.17) is 18.8 Å². The van der Waals surface area contributed by atoms with Crippen LogP contribution >= 0.6 is 31.9 Å². The van der Waals surface area contributed by atoms with Crippen LogP contribution in [0.5, 0.6) is 0 Å². The van der Waals surface area contributed by atoms with Gasteiger partial charge in [0.05, 0.1) is 24.4 Å². The van der Waals surface area contributed by atoms with Crippen LogP contribution in [0.2, 0.25) is 0 Å². The lowest BCUT2D eigenvalue weighted by molar-refractivity contribution is 0.00578. The van der Waals surface area contributed by atoms with E-state index in [0.29, 0.717) is 6.61 Å². The molecule has 1 aliphatic rings. The fourth-order valence-electron chi connectivity index (χ4n) is 5.27. The van der Waals surface area contributed by atoms with E-state index >= 15 is 0 Å². The van der Waals surface area contributed by atoms with Crippen molar-refractivity contribution in [3.63, 3.8) is 0 Å². The van der Waals surface area contributed by atoms with E-state index in [1.165, 1.54) is 32.7 Å². The minimum absolute atomic E-state index is 0.315. The van der Waals surface area contributed by atoms with E-state index in [1.54, 1.807) is 14.2 Å². The first-order valence-corrected chi connectivity index (χ1v) is 17.0. The molecule has 7 nitrogen and oxygen atoms in total. The van der Waals surface area contributed by atoms with Crippen molar-refractivity contribution in [1.82, 2.24) is 14.1 Å². The maximum absolute atomic E-state index is 6.14. The SMILES string of the molecule is Brc1ccc2cc[nH]c2c1.COCCn1ccc2ccc(B3OC(C)(C)C(C)(C)O3)cc21.COCCn1ccc2ccc(Br)cc21. The second-order valence-electron chi connectivity index (χ2n) is 12.3. The second kappa shape index (κ2) is 14.9. The molecule has 1 saturated heterocycles. The molecule has 10 heteroatoms. The van der Waals surface area contributed by atoms with Gasteiger partial charge in [0.1, 0.15) is 0 Å². The molecule has 0 spiro atoms. The smallest absolute Gasteiger partial charge is 0.399 e. The summed E-state index contributed by atoms with van der Waals surface area (Å²) in [6, 6.07) is 25.2. The molecule has 0 aliphatic carbocycles. The molecular formula is C36H42BBr2N3O4. The normalized spacial score (nSPS) is 15.2. The van der Waals surface area contributed by atoms with Gasteiger partial charge in [-0.2, -0.15) is 0 Å². The minimum Gasteiger partial charge on any atom is -0.399 e. The molecule has 46 heavy (non-hydrogen) atoms. The topological polar surface area (TPSA) is 62.6 Å². The molecule has 3 aromatic heterocycles. The molecular weight excluding hydrogens is 709 g/mol. The van der Waals surface area contributed by atoms with Crippen LogP contribution in [0.4, 0.5) is 0 Å². The number of hydrogen-bond donors (Lipinski definition) is 1. The summed E-state index contributed by atoms with van der Waals surface area (Å²) in [7, 11) is 3.13. The molecule has 7 rings (SSSR count). The first kappa shape index (κ1) is 34.5. The summed E-state index contributed by atoms with van der Waals surface area (Å²) in [6.07, 6.45) is 6.13. The van der Waals surface area contributed by atoms with Crippen molar-refractivity contribution in [2.24, 2.45) is 0 Å². The van der Waals surface area contributed by atoms with Crippen LogP contribution < -0.4 is 5.46 Å². The maximum atomic E-state index is 6.14. The number of aromatic nitrogens is 3. The Balaban J connectivity index is 0.000000148. The van der Waals surface area contributed by atoms with Crippen molar-refractivity contribution in [2.45, 2.75) is 52.0 Å². The van der Waals surface area contributed by atoms with Gasteiger partial charge >= 0.3 is 7.12 Å². The maximum Gasteiger partial charge on any atom is 0.494 e. The number of ether oxygens (including phenoxy) is 2. The van der Waals surface area contributed by atoms with E-state index in [-0.39, 0.29) is 18.3 Å². The van der Waals surface area contributed by atoms with Crippen molar-refractivity contribution in [2.75, 3.05) is 27.4 Å². The summed E-state index contributed by atoms with van der Waals surface area (Å²) >= 11 is 6.87. The number of benzene rings is 3. The van der Waals surface area contributed by atoms with Crippen molar-refractivity contribution in [1.29, 1.82) is 0 Å². The van der Waals surface area contributed by atoms with Crippen LogP contribution in [0.1, 0.15) is 27.7 Å². The number of methoxy groups -OCH3 is 2. The fraction of sp³-hybridized carbons (Fsp3) is 0.333. The summed E-state index contributed by atoms with van der Waals surface area (Å²) in [5.41, 5.74) is 4.04. The highest BCUT2D eigenvalue weighted by Gasteiger charge is 2.51. The minimum atomic E-state index is -0.319. The molecule has 0 bridgehead atoms. The van der Waals surface area contributed by atoms with Gasteiger partial charge in [0, 0.05) is 71.4 Å². The highest BCUT2D eigenvalue weighted by atomic mass is 79.9. The quantitative estimate of drug-likeness (QED) is 0.166. The van der Waals surface area contributed by atoms with Gasteiger partial charge in [-0.3, -0.25) is 0 Å². The number of fused-ring (bicyclic) bond motifs is 3. The largest absolute Gasteiger partial charge is 0.494 e. The molecule has 1 N–H and O–H groups in total. The third kappa shape index (κ3) is 7.98. The molecule has 4 heterocycles. The Morgan fingerprint density at radius 3 is 1.78 bits per heavy atom. The third-order valence-corrected chi connectivity index (χ3v) is 9.64. The summed E-state index contributed by atoms with van der Waals surface area (Å²) in [4.78, 5) is 3.13. The Labute approximate surface area is 288 Å². The van der Waals surface area contributed by atoms with Crippen LogP contribution in [0.15, 0.2) is 100 Å². The molecule has 3 aromatic carbocycles. The highest BCUT2D eigenvalue weighted by molar-refractivity contribution is 9.10. The Kier molecular flexibility index (Phi) is 11.2. The van der Waals surface area contributed by atoms with Gasteiger partial charge in [-0.15, -0.1) is 0 Å². The van der Waals surface area contributed by atoms with Crippen molar-refractivity contribution in [3.05, 3.63) is 100 Å². The zero-order valence-corrected chi connectivity index (χ0v) is 30.5. The molecule has 0 saturated carbocycles. The first-order valence-electron chi connectivity index (χ1n) is 15.4. The second-order valence-corrected chi connectivity index (χ2v) is 14.2. The number of nitrogens with zero attached hydrogens (tertiary/aromatic N) is 2. The standard InChI is InChI=1S/C17H24BNO3.C11H12BrNO.C8H6BrN/c1-16(2)17(3,4)22-18(21-16)14-7-6-13-8-9-19(10-11-20-5)15(13)12-14;1-14-7-6-13-5-4-9-2-3-10(12)8-11(9)13;9-7-2-1-6-3-4-10-8(6)5-7/h6-9,12H,10-11H2,1-5H3;2-5,8H,6-7H2,1H3;1-5,10H. The van der Waals surface area contributed by atoms with Gasteiger partial charge in [-0.25, -0.2) is 0 Å². The lowest BCUT2D eigenvalue weighted by Gasteiger charge is -2.32. The third-order valence-electron chi connectivity index (χ3n) is 8.65. The van der Waals surface area contributed by atoms with Gasteiger partial charge in [0.25, 0.3) is 0 Å². The van der Waals surface area contributed by atoms with Crippen molar-refractivity contribution in [3.8, 4) is 0 Å². The molecule has 0 unspecified atom stereocenters. The van der Waals surface area contributed by atoms with Crippen molar-refractivity contribution < 1.29 is 18.8 Å². The number of halogens is 2. The monoisotopic (exact) mass is 749 g/mol. The number of nitrogens with one attached hydrogen (secondary N) is 1. The van der Waals surface area contributed by atoms with Gasteiger partial charge in [0.2, 0.25) is 0 Å². The zero-order chi connectivity index (χ0) is 32.9. The molecule has 0 atom stereocenters. The van der Waals surface area contributed by atoms with E-state index < -0.39 is 0 Å². The summed E-state index contributed by atoms with van der Waals surface area (Å²) in [6.45, 7) is 11.5. The Hall–Kier alpha value is -2.86. The van der Waals surface area contributed by atoms with Gasteiger partial charge in [-0.05, 0) is 97.8 Å². The number of aromatic amines is 1. The lowest BCUT2D eigenvalue weighted by atomic mass is 9.79. The molecule has 1 aliphatic heterocycles. The summed E-state index contributed by atoms with van der Waals surface area (Å²) in [5.74, 6) is 0. The van der Waals surface area contributed by atoms with Crippen LogP contribution in [-0.2, 0) is 31.9 Å². The van der Waals surface area contributed by atoms with Crippen LogP contribution in [0.25, 0.3) is 32.7 Å². The van der Waals surface area contributed by atoms with Crippen LogP contribution in [0, 0.1) is 0 Å². The lowest BCUT2D eigenvalue weighted by Crippen LogP contribution is -2.41. The highest BCUT2D eigenvalue weighted by Crippen LogP contribution is 2.36. The first-order chi connectivity index (χ1) is 22.0. The average molecular weight is 751 g/mol. The molecule has 0 amide bonds.